The molecule has 30 heavy (non-hydrogen) atoms. The van der Waals surface area contributed by atoms with Crippen molar-refractivity contribution < 1.29 is 23.9 Å². The van der Waals surface area contributed by atoms with Crippen LogP contribution < -0.4 is 15.8 Å². The van der Waals surface area contributed by atoms with Gasteiger partial charge in [-0.05, 0) is 19.3 Å². The highest BCUT2D eigenvalue weighted by molar-refractivity contribution is 5.80. The smallest absolute Gasteiger partial charge is 0.243 e. The lowest BCUT2D eigenvalue weighted by Crippen LogP contribution is -2.41. The molecule has 0 unspecified atom stereocenters. The molecule has 166 valence electrons. The van der Waals surface area contributed by atoms with E-state index in [1.807, 2.05) is 0 Å². The number of carbonyl (C=O) groups excluding carboxylic acids is 2. The van der Waals surface area contributed by atoms with Gasteiger partial charge in [-0.2, -0.15) is 4.39 Å². The van der Waals surface area contributed by atoms with Crippen molar-refractivity contribution in [2.75, 3.05) is 43.2 Å². The number of nitrogens with zero attached hydrogens (tertiary/aromatic N) is 4. The fourth-order valence-electron chi connectivity index (χ4n) is 4.02. The molecule has 1 saturated carbocycles. The molecule has 2 fully saturated rings. The van der Waals surface area contributed by atoms with Crippen LogP contribution in [0.3, 0.4) is 0 Å². The Morgan fingerprint density at radius 3 is 2.73 bits per heavy atom. The van der Waals surface area contributed by atoms with Crippen molar-refractivity contribution in [3.63, 3.8) is 0 Å². The highest BCUT2D eigenvalue weighted by Gasteiger charge is 2.27. The number of anilines is 2. The lowest BCUT2D eigenvalue weighted by Gasteiger charge is -2.28. The number of hydrogen-bond donors (Lipinski definition) is 3. The molecule has 10 nitrogen and oxygen atoms in total. The number of ether oxygens (including phenoxy) is 1. The van der Waals surface area contributed by atoms with Crippen LogP contribution in [0, 0.1) is 24.6 Å². The molecule has 0 aromatic carbocycles. The van der Waals surface area contributed by atoms with E-state index in [-0.39, 0.29) is 24.6 Å². The number of halogens is 1. The monoisotopic (exact) mass is 424 g/mol. The zero-order chi connectivity index (χ0) is 21.5. The van der Waals surface area contributed by atoms with Crippen LogP contribution in [0.5, 0.6) is 0 Å². The van der Waals surface area contributed by atoms with Crippen LogP contribution in [0.25, 0.3) is 0 Å². The molecule has 2 aliphatic rings. The third-order valence-corrected chi connectivity index (χ3v) is 5.55. The summed E-state index contributed by atoms with van der Waals surface area (Å²) in [6.45, 7) is 3.52. The van der Waals surface area contributed by atoms with E-state index in [0.29, 0.717) is 49.5 Å². The first kappa shape index (κ1) is 22.2. The van der Waals surface area contributed by atoms with Gasteiger partial charge in [-0.25, -0.2) is 15.0 Å². The molecule has 1 aliphatic heterocycles. The number of morpholine rings is 1. The Kier molecular flexibility index (Phi) is 7.75. The molecule has 11 heteroatoms. The van der Waals surface area contributed by atoms with Crippen molar-refractivity contribution in [1.82, 2.24) is 20.5 Å². The molecule has 0 spiro atoms. The molecule has 1 aromatic rings. The zero-order valence-electron chi connectivity index (χ0n) is 17.1. The minimum atomic E-state index is -0.660. The Hall–Kier alpha value is -2.53. The number of hydroxylamine groups is 2. The van der Waals surface area contributed by atoms with Crippen LogP contribution in [0.2, 0.25) is 0 Å². The number of aryl methyl sites for hydroxylation is 1. The van der Waals surface area contributed by atoms with E-state index in [1.54, 1.807) is 11.8 Å². The molecular weight excluding hydrogens is 395 g/mol. The predicted octanol–water partition coefficient (Wildman–Crippen LogP) is 1.25. The molecule has 1 aliphatic carbocycles. The Balaban J connectivity index is 1.67. The highest BCUT2D eigenvalue weighted by Crippen LogP contribution is 2.30. The summed E-state index contributed by atoms with van der Waals surface area (Å²) in [4.78, 5) is 33.5. The minimum Gasteiger partial charge on any atom is -0.378 e. The summed E-state index contributed by atoms with van der Waals surface area (Å²) in [5.74, 6) is -0.967. The van der Waals surface area contributed by atoms with Gasteiger partial charge in [-0.3, -0.25) is 25.6 Å². The number of hydrazine groups is 1. The summed E-state index contributed by atoms with van der Waals surface area (Å²) in [7, 11) is 0. The average molecular weight is 424 g/mol. The summed E-state index contributed by atoms with van der Waals surface area (Å²) < 4.78 is 20.3. The van der Waals surface area contributed by atoms with Crippen molar-refractivity contribution >= 4 is 24.0 Å². The van der Waals surface area contributed by atoms with E-state index in [0.717, 1.165) is 25.7 Å². The SMILES string of the molecule is Cc1nc(NNC(=O)[C@H](CC2CCCC2)CN(O)C=O)c(F)c(N2CCOCC2)n1. The van der Waals surface area contributed by atoms with Crippen LogP contribution in [0.15, 0.2) is 0 Å². The molecule has 0 bridgehead atoms. The van der Waals surface area contributed by atoms with Crippen LogP contribution >= 0.6 is 0 Å². The van der Waals surface area contributed by atoms with E-state index in [9.17, 15) is 19.2 Å². The number of rotatable bonds is 9. The number of nitrogens with one attached hydrogen (secondary N) is 2. The third kappa shape index (κ3) is 5.76. The molecule has 2 amide bonds. The van der Waals surface area contributed by atoms with Crippen LogP contribution in [-0.2, 0) is 14.3 Å². The molecule has 1 atom stereocenters. The van der Waals surface area contributed by atoms with Crippen molar-refractivity contribution in [1.29, 1.82) is 0 Å². The number of carbonyl (C=O) groups is 2. The Bertz CT molecular complexity index is 740. The summed E-state index contributed by atoms with van der Waals surface area (Å²) >= 11 is 0. The normalized spacial score (nSPS) is 18.2. The number of amides is 2. The van der Waals surface area contributed by atoms with Crippen LogP contribution in [0.1, 0.15) is 37.9 Å². The fraction of sp³-hybridized carbons (Fsp3) is 0.684. The van der Waals surface area contributed by atoms with Gasteiger partial charge in [0.1, 0.15) is 5.82 Å². The van der Waals surface area contributed by atoms with Gasteiger partial charge in [0.05, 0.1) is 25.7 Å². The topological polar surface area (TPSA) is 120 Å². The average Bonchev–Trinajstić information content (AvgIpc) is 3.27. The zero-order valence-corrected chi connectivity index (χ0v) is 17.1. The first-order valence-corrected chi connectivity index (χ1v) is 10.3. The molecular formula is C19H29FN6O4. The van der Waals surface area contributed by atoms with Gasteiger partial charge in [0.15, 0.2) is 11.6 Å². The van der Waals surface area contributed by atoms with Crippen molar-refractivity contribution in [2.45, 2.75) is 39.0 Å². The van der Waals surface area contributed by atoms with Crippen molar-refractivity contribution in [2.24, 2.45) is 11.8 Å². The van der Waals surface area contributed by atoms with E-state index < -0.39 is 17.6 Å². The van der Waals surface area contributed by atoms with Crippen LogP contribution in [0.4, 0.5) is 16.0 Å². The molecule has 1 aromatic heterocycles. The van der Waals surface area contributed by atoms with Crippen LogP contribution in [-0.4, -0.2) is 65.4 Å². The van der Waals surface area contributed by atoms with E-state index in [4.69, 9.17) is 4.74 Å². The Morgan fingerprint density at radius 1 is 1.37 bits per heavy atom. The van der Waals surface area contributed by atoms with Gasteiger partial charge in [-0.15, -0.1) is 0 Å². The summed E-state index contributed by atoms with van der Waals surface area (Å²) in [6.07, 6.45) is 5.08. The highest BCUT2D eigenvalue weighted by atomic mass is 19.1. The molecule has 2 heterocycles. The van der Waals surface area contributed by atoms with Gasteiger partial charge >= 0.3 is 0 Å². The Labute approximate surface area is 174 Å². The van der Waals surface area contributed by atoms with Crippen molar-refractivity contribution in [3.8, 4) is 0 Å². The lowest BCUT2D eigenvalue weighted by atomic mass is 9.92. The minimum absolute atomic E-state index is 0.127. The maximum atomic E-state index is 15.0. The first-order valence-electron chi connectivity index (χ1n) is 10.3. The quantitative estimate of drug-likeness (QED) is 0.308. The largest absolute Gasteiger partial charge is 0.378 e. The second-order valence-corrected chi connectivity index (χ2v) is 7.78. The Morgan fingerprint density at radius 2 is 2.07 bits per heavy atom. The number of aromatic nitrogens is 2. The lowest BCUT2D eigenvalue weighted by molar-refractivity contribution is -0.154. The van der Waals surface area contributed by atoms with E-state index in [1.165, 1.54) is 0 Å². The predicted molar refractivity (Wildman–Crippen MR) is 106 cm³/mol. The molecule has 0 radical (unpaired) electrons. The molecule has 1 saturated heterocycles. The number of hydrogen-bond acceptors (Lipinski definition) is 8. The standard InChI is InChI=1S/C19H29FN6O4/c1-13-21-17(16(20)18(22-13)25-6-8-30-9-7-25)23-24-19(28)15(11-26(29)12-27)10-14-4-2-3-5-14/h12,14-15,29H,2-11H2,1H3,(H,24,28)(H,21,22,23)/t15-/m1/s1. The van der Waals surface area contributed by atoms with Gasteiger partial charge in [-0.1, -0.05) is 25.7 Å². The van der Waals surface area contributed by atoms with E-state index >= 15 is 0 Å². The molecule has 3 rings (SSSR count). The fourth-order valence-corrected chi connectivity index (χ4v) is 4.02. The maximum Gasteiger partial charge on any atom is 0.243 e. The third-order valence-electron chi connectivity index (χ3n) is 5.55. The second-order valence-electron chi connectivity index (χ2n) is 7.78. The van der Waals surface area contributed by atoms with E-state index in [2.05, 4.69) is 20.8 Å². The first-order chi connectivity index (χ1) is 14.5. The summed E-state index contributed by atoms with van der Waals surface area (Å²) in [6, 6.07) is 0. The van der Waals surface area contributed by atoms with Gasteiger partial charge in [0, 0.05) is 13.1 Å². The van der Waals surface area contributed by atoms with Gasteiger partial charge < -0.3 is 9.64 Å². The maximum absolute atomic E-state index is 15.0. The second kappa shape index (κ2) is 10.5. The molecule has 3 N–H and O–H groups in total. The van der Waals surface area contributed by atoms with Gasteiger partial charge in [0.2, 0.25) is 18.1 Å². The van der Waals surface area contributed by atoms with Crippen molar-refractivity contribution in [3.05, 3.63) is 11.6 Å². The summed E-state index contributed by atoms with van der Waals surface area (Å²) in [5.41, 5.74) is 5.04. The summed E-state index contributed by atoms with van der Waals surface area (Å²) in [5, 5.41) is 10.0. The van der Waals surface area contributed by atoms with Gasteiger partial charge in [0.25, 0.3) is 0 Å².